The number of hydrogen-bond donors (Lipinski definition) is 1. The Morgan fingerprint density at radius 2 is 2.35 bits per heavy atom. The summed E-state index contributed by atoms with van der Waals surface area (Å²) in [5.41, 5.74) is 6.33. The molecule has 0 saturated carbocycles. The van der Waals surface area contributed by atoms with Gasteiger partial charge in [0, 0.05) is 22.0 Å². The number of amides is 2. The first-order chi connectivity index (χ1) is 9.54. The molecule has 106 valence electrons. The van der Waals surface area contributed by atoms with Crippen LogP contribution in [-0.2, 0) is 9.59 Å². The molecule has 2 N–H and O–H groups in total. The smallest absolute Gasteiger partial charge is 0.240 e. The average Bonchev–Trinajstić information content (AvgIpc) is 2.74. The van der Waals surface area contributed by atoms with E-state index in [2.05, 4.69) is 15.9 Å². The van der Waals surface area contributed by atoms with Crippen molar-refractivity contribution < 1.29 is 9.59 Å². The molecule has 0 aliphatic carbocycles. The summed E-state index contributed by atoms with van der Waals surface area (Å²) in [4.78, 5) is 26.1. The van der Waals surface area contributed by atoms with E-state index < -0.39 is 11.9 Å². The van der Waals surface area contributed by atoms with Crippen LogP contribution in [0, 0.1) is 0 Å². The Balaban J connectivity index is 2.29. The lowest BCUT2D eigenvalue weighted by Gasteiger charge is -2.24. The summed E-state index contributed by atoms with van der Waals surface area (Å²) >= 11 is 5.09. The standard InChI is InChI=1S/C14H15BrN2O2S/c1-2-11(14(16)19)17-7-5-9(3-4-12(17)18)13-10(15)6-8-20-13/h3,5-8,11H,2,4H2,1H3,(H2,16,19). The number of nitrogens with zero attached hydrogens (tertiary/aromatic N) is 1. The minimum Gasteiger partial charge on any atom is -0.368 e. The number of thiophene rings is 1. The summed E-state index contributed by atoms with van der Waals surface area (Å²) in [5.74, 6) is -0.596. The molecule has 0 spiro atoms. The van der Waals surface area contributed by atoms with Crippen LogP contribution in [0.15, 0.2) is 34.3 Å². The molecule has 1 aromatic heterocycles. The molecule has 0 saturated heterocycles. The highest BCUT2D eigenvalue weighted by atomic mass is 79.9. The zero-order valence-corrected chi connectivity index (χ0v) is 13.4. The van der Waals surface area contributed by atoms with Gasteiger partial charge in [-0.15, -0.1) is 11.3 Å². The maximum absolute atomic E-state index is 12.1. The Hall–Kier alpha value is -1.40. The molecule has 1 unspecified atom stereocenters. The van der Waals surface area contributed by atoms with Crippen LogP contribution in [0.25, 0.3) is 5.57 Å². The highest BCUT2D eigenvalue weighted by Gasteiger charge is 2.25. The summed E-state index contributed by atoms with van der Waals surface area (Å²) in [7, 11) is 0. The van der Waals surface area contributed by atoms with Crippen molar-refractivity contribution >= 4 is 44.7 Å². The maximum Gasteiger partial charge on any atom is 0.240 e. The molecule has 20 heavy (non-hydrogen) atoms. The minimum absolute atomic E-state index is 0.116. The van der Waals surface area contributed by atoms with Gasteiger partial charge in [-0.3, -0.25) is 9.59 Å². The van der Waals surface area contributed by atoms with Crippen LogP contribution in [0.4, 0.5) is 0 Å². The van der Waals surface area contributed by atoms with Gasteiger partial charge in [0.1, 0.15) is 6.04 Å². The quantitative estimate of drug-likeness (QED) is 0.903. The van der Waals surface area contributed by atoms with Crippen LogP contribution in [-0.4, -0.2) is 22.8 Å². The van der Waals surface area contributed by atoms with E-state index in [1.54, 1.807) is 17.5 Å². The number of halogens is 1. The number of carbonyl (C=O) groups excluding carboxylic acids is 2. The van der Waals surface area contributed by atoms with Crippen molar-refractivity contribution in [1.82, 2.24) is 4.90 Å². The molecule has 2 amide bonds. The molecule has 1 atom stereocenters. The fraction of sp³-hybridized carbons (Fsp3) is 0.286. The zero-order valence-electron chi connectivity index (χ0n) is 11.0. The molecule has 1 aromatic rings. The normalized spacial score (nSPS) is 16.8. The third kappa shape index (κ3) is 3.02. The summed E-state index contributed by atoms with van der Waals surface area (Å²) in [5, 5.41) is 1.98. The first-order valence-corrected chi connectivity index (χ1v) is 7.94. The SMILES string of the molecule is CCC(C(N)=O)N1C=CC(c2sccc2Br)=CCC1=O. The van der Waals surface area contributed by atoms with Crippen LogP contribution in [0.5, 0.6) is 0 Å². The third-order valence-electron chi connectivity index (χ3n) is 3.13. The van der Waals surface area contributed by atoms with Crippen LogP contribution in [0.3, 0.4) is 0 Å². The fourth-order valence-electron chi connectivity index (χ4n) is 2.10. The van der Waals surface area contributed by atoms with Gasteiger partial charge < -0.3 is 10.6 Å². The van der Waals surface area contributed by atoms with Gasteiger partial charge >= 0.3 is 0 Å². The molecule has 2 rings (SSSR count). The summed E-state index contributed by atoms with van der Waals surface area (Å²) in [6.45, 7) is 1.84. The molecular weight excluding hydrogens is 340 g/mol. The molecule has 0 fully saturated rings. The Kier molecular flexibility index (Phi) is 4.77. The zero-order chi connectivity index (χ0) is 14.7. The van der Waals surface area contributed by atoms with Crippen LogP contribution in [0.1, 0.15) is 24.6 Å². The Morgan fingerprint density at radius 1 is 1.60 bits per heavy atom. The Bertz CT molecular complexity index is 592. The van der Waals surface area contributed by atoms with E-state index >= 15 is 0 Å². The van der Waals surface area contributed by atoms with Gasteiger partial charge in [0.05, 0.1) is 0 Å². The van der Waals surface area contributed by atoms with Gasteiger partial charge in [-0.05, 0) is 45.4 Å². The van der Waals surface area contributed by atoms with Crippen molar-refractivity contribution in [2.75, 3.05) is 0 Å². The molecule has 6 heteroatoms. The van der Waals surface area contributed by atoms with Gasteiger partial charge in [-0.1, -0.05) is 13.0 Å². The second-order valence-electron chi connectivity index (χ2n) is 4.40. The van der Waals surface area contributed by atoms with Crippen molar-refractivity contribution in [1.29, 1.82) is 0 Å². The number of hydrogen-bond acceptors (Lipinski definition) is 3. The van der Waals surface area contributed by atoms with E-state index in [9.17, 15) is 9.59 Å². The predicted octanol–water partition coefficient (Wildman–Crippen LogP) is 2.90. The topological polar surface area (TPSA) is 63.4 Å². The van der Waals surface area contributed by atoms with E-state index in [0.717, 1.165) is 14.9 Å². The molecule has 0 aromatic carbocycles. The fourth-order valence-corrected chi connectivity index (χ4v) is 3.72. The predicted molar refractivity (Wildman–Crippen MR) is 83.9 cm³/mol. The number of rotatable bonds is 4. The summed E-state index contributed by atoms with van der Waals surface area (Å²) in [6, 6.07) is 1.38. The lowest BCUT2D eigenvalue weighted by atomic mass is 10.1. The average molecular weight is 355 g/mol. The van der Waals surface area contributed by atoms with E-state index in [-0.39, 0.29) is 12.3 Å². The van der Waals surface area contributed by atoms with Crippen molar-refractivity contribution in [3.05, 3.63) is 39.1 Å². The monoisotopic (exact) mass is 354 g/mol. The number of carbonyl (C=O) groups is 2. The molecule has 0 bridgehead atoms. The second-order valence-corrected chi connectivity index (χ2v) is 6.17. The van der Waals surface area contributed by atoms with Gasteiger partial charge in [0.15, 0.2) is 0 Å². The first-order valence-electron chi connectivity index (χ1n) is 6.26. The highest BCUT2D eigenvalue weighted by molar-refractivity contribution is 9.10. The Morgan fingerprint density at radius 3 is 2.90 bits per heavy atom. The number of allylic oxidation sites excluding steroid dienone is 2. The summed E-state index contributed by atoms with van der Waals surface area (Å²) < 4.78 is 1.00. The van der Waals surface area contributed by atoms with E-state index in [4.69, 9.17) is 5.73 Å². The first kappa shape index (κ1) is 15.0. The Labute approximate surface area is 130 Å². The number of primary amides is 1. The summed E-state index contributed by atoms with van der Waals surface area (Å²) in [6.07, 6.45) is 6.16. The highest BCUT2D eigenvalue weighted by Crippen LogP contribution is 2.32. The van der Waals surface area contributed by atoms with Crippen molar-refractivity contribution in [3.63, 3.8) is 0 Å². The van der Waals surface area contributed by atoms with Gasteiger partial charge in [0.2, 0.25) is 11.8 Å². The lowest BCUT2D eigenvalue weighted by Crippen LogP contribution is -2.44. The van der Waals surface area contributed by atoms with E-state index in [1.165, 1.54) is 4.90 Å². The largest absolute Gasteiger partial charge is 0.368 e. The maximum atomic E-state index is 12.1. The van der Waals surface area contributed by atoms with Gasteiger partial charge in [-0.2, -0.15) is 0 Å². The minimum atomic E-state index is -0.585. The van der Waals surface area contributed by atoms with Crippen molar-refractivity contribution in [2.24, 2.45) is 5.73 Å². The molecule has 0 radical (unpaired) electrons. The number of nitrogens with two attached hydrogens (primary N) is 1. The van der Waals surface area contributed by atoms with Crippen molar-refractivity contribution in [3.8, 4) is 0 Å². The van der Waals surface area contributed by atoms with Crippen LogP contribution >= 0.6 is 27.3 Å². The van der Waals surface area contributed by atoms with Crippen molar-refractivity contribution in [2.45, 2.75) is 25.8 Å². The van der Waals surface area contributed by atoms with E-state index in [0.29, 0.717) is 6.42 Å². The van der Waals surface area contributed by atoms with Gasteiger partial charge in [0.25, 0.3) is 0 Å². The molecule has 2 heterocycles. The van der Waals surface area contributed by atoms with Gasteiger partial charge in [-0.25, -0.2) is 0 Å². The molecular formula is C14H15BrN2O2S. The molecule has 1 aliphatic rings. The van der Waals surface area contributed by atoms with E-state index in [1.807, 2.05) is 30.5 Å². The molecule has 1 aliphatic heterocycles. The van der Waals surface area contributed by atoms with Crippen LogP contribution in [0.2, 0.25) is 0 Å². The second kappa shape index (κ2) is 6.37. The lowest BCUT2D eigenvalue weighted by molar-refractivity contribution is -0.135. The molecule has 4 nitrogen and oxygen atoms in total. The van der Waals surface area contributed by atoms with Crippen LogP contribution < -0.4 is 5.73 Å². The third-order valence-corrected chi connectivity index (χ3v) is 5.02.